The van der Waals surface area contributed by atoms with E-state index < -0.39 is 0 Å². The Morgan fingerprint density at radius 2 is 1.74 bits per heavy atom. The lowest BCUT2D eigenvalue weighted by atomic mass is 10.1. The summed E-state index contributed by atoms with van der Waals surface area (Å²) in [5.41, 5.74) is 5.43. The molecule has 0 aliphatic heterocycles. The van der Waals surface area contributed by atoms with Crippen molar-refractivity contribution in [3.63, 3.8) is 0 Å². The molecule has 0 fully saturated rings. The fraction of sp³-hybridized carbons (Fsp3) is 0.227. The maximum Gasteiger partial charge on any atom is 0.158 e. The van der Waals surface area contributed by atoms with Crippen molar-refractivity contribution in [3.8, 4) is 0 Å². The van der Waals surface area contributed by atoms with Crippen molar-refractivity contribution >= 4 is 27.5 Å². The Bertz CT molecular complexity index is 1270. The molecule has 5 rings (SSSR count). The van der Waals surface area contributed by atoms with Crippen molar-refractivity contribution in [2.45, 2.75) is 26.7 Å². The molecule has 3 heterocycles. The van der Waals surface area contributed by atoms with Crippen LogP contribution in [0.1, 0.15) is 22.9 Å². The van der Waals surface area contributed by atoms with Gasteiger partial charge in [-0.25, -0.2) is 14.5 Å². The van der Waals surface area contributed by atoms with Crippen LogP contribution in [0, 0.1) is 13.8 Å². The van der Waals surface area contributed by atoms with E-state index in [4.69, 9.17) is 15.1 Å². The third-order valence-corrected chi connectivity index (χ3v) is 5.35. The molecule has 0 radical (unpaired) electrons. The quantitative estimate of drug-likeness (QED) is 0.488. The Labute approximate surface area is 157 Å². The summed E-state index contributed by atoms with van der Waals surface area (Å²) >= 11 is 0. The van der Waals surface area contributed by atoms with Gasteiger partial charge in [-0.05, 0) is 36.9 Å². The van der Waals surface area contributed by atoms with Crippen LogP contribution in [0.4, 0.5) is 0 Å². The maximum absolute atomic E-state index is 4.95. The second-order valence-corrected chi connectivity index (χ2v) is 7.16. The van der Waals surface area contributed by atoms with Gasteiger partial charge < -0.3 is 4.57 Å². The minimum Gasteiger partial charge on any atom is -0.331 e. The summed E-state index contributed by atoms with van der Waals surface area (Å²) < 4.78 is 4.13. The standard InChI is InChI=1S/C22H21N5/c1-14-8-9-15(2)27-22(14)23-19(25-27)12-13-20-24-21-17-7-5-4-6-16(17)10-11-18(21)26(20)3/h4-11H,12-13H2,1-3H3. The summed E-state index contributed by atoms with van der Waals surface area (Å²) in [5.74, 6) is 1.93. The Morgan fingerprint density at radius 1 is 0.889 bits per heavy atom. The summed E-state index contributed by atoms with van der Waals surface area (Å²) in [5, 5.41) is 7.12. The van der Waals surface area contributed by atoms with E-state index in [9.17, 15) is 0 Å². The van der Waals surface area contributed by atoms with Crippen LogP contribution in [0.25, 0.3) is 27.5 Å². The summed E-state index contributed by atoms with van der Waals surface area (Å²) in [4.78, 5) is 9.68. The molecule has 0 unspecified atom stereocenters. The monoisotopic (exact) mass is 355 g/mol. The van der Waals surface area contributed by atoms with Gasteiger partial charge >= 0.3 is 0 Å². The average molecular weight is 355 g/mol. The van der Waals surface area contributed by atoms with Gasteiger partial charge in [0.2, 0.25) is 0 Å². The first-order valence-corrected chi connectivity index (χ1v) is 9.27. The zero-order valence-corrected chi connectivity index (χ0v) is 15.8. The number of fused-ring (bicyclic) bond motifs is 4. The summed E-state index contributed by atoms with van der Waals surface area (Å²) in [6.45, 7) is 4.13. The molecular formula is C22H21N5. The van der Waals surface area contributed by atoms with Gasteiger partial charge in [0.05, 0.1) is 11.0 Å². The van der Waals surface area contributed by atoms with E-state index in [1.807, 2.05) is 4.52 Å². The average Bonchev–Trinajstić information content (AvgIpc) is 3.26. The highest BCUT2D eigenvalue weighted by molar-refractivity contribution is 6.04. The minimum absolute atomic E-state index is 0.773. The van der Waals surface area contributed by atoms with Crippen molar-refractivity contribution < 1.29 is 0 Å². The van der Waals surface area contributed by atoms with Crippen molar-refractivity contribution in [1.82, 2.24) is 24.1 Å². The Balaban J connectivity index is 1.52. The number of hydrogen-bond acceptors (Lipinski definition) is 3. The van der Waals surface area contributed by atoms with Gasteiger partial charge in [0.25, 0.3) is 0 Å². The Morgan fingerprint density at radius 3 is 2.59 bits per heavy atom. The second-order valence-electron chi connectivity index (χ2n) is 7.16. The molecule has 27 heavy (non-hydrogen) atoms. The van der Waals surface area contributed by atoms with Gasteiger partial charge in [0.1, 0.15) is 5.82 Å². The largest absolute Gasteiger partial charge is 0.331 e. The fourth-order valence-electron chi connectivity index (χ4n) is 3.77. The van der Waals surface area contributed by atoms with Crippen LogP contribution in [0.5, 0.6) is 0 Å². The molecule has 0 N–H and O–H groups in total. The third kappa shape index (κ3) is 2.50. The van der Waals surface area contributed by atoms with Crippen molar-refractivity contribution in [2.24, 2.45) is 7.05 Å². The molecule has 0 bridgehead atoms. The minimum atomic E-state index is 0.773. The number of nitrogens with zero attached hydrogens (tertiary/aromatic N) is 5. The third-order valence-electron chi connectivity index (χ3n) is 5.35. The number of benzene rings is 2. The second kappa shape index (κ2) is 5.91. The SMILES string of the molecule is Cc1ccc(C)n2nc(CCc3nc4c5ccccc5ccc4n3C)nc12. The van der Waals surface area contributed by atoms with E-state index in [-0.39, 0.29) is 0 Å². The van der Waals surface area contributed by atoms with Crippen LogP contribution in [-0.2, 0) is 19.9 Å². The van der Waals surface area contributed by atoms with E-state index >= 15 is 0 Å². The predicted octanol–water partition coefficient (Wildman–Crippen LogP) is 4.17. The maximum atomic E-state index is 4.95. The van der Waals surface area contributed by atoms with E-state index in [0.717, 1.165) is 46.9 Å². The lowest BCUT2D eigenvalue weighted by molar-refractivity contribution is 0.753. The lowest BCUT2D eigenvalue weighted by Crippen LogP contribution is -2.02. The number of hydrogen-bond donors (Lipinski definition) is 0. The van der Waals surface area contributed by atoms with Crippen LogP contribution >= 0.6 is 0 Å². The summed E-state index contributed by atoms with van der Waals surface area (Å²) in [6, 6.07) is 16.9. The topological polar surface area (TPSA) is 48.0 Å². The van der Waals surface area contributed by atoms with Gasteiger partial charge in [-0.2, -0.15) is 5.10 Å². The van der Waals surface area contributed by atoms with E-state index in [1.54, 1.807) is 0 Å². The van der Waals surface area contributed by atoms with Crippen LogP contribution < -0.4 is 0 Å². The molecule has 0 amide bonds. The molecule has 0 saturated carbocycles. The van der Waals surface area contributed by atoms with E-state index in [1.165, 1.54) is 16.3 Å². The molecule has 3 aromatic heterocycles. The van der Waals surface area contributed by atoms with Gasteiger partial charge in [-0.15, -0.1) is 0 Å². The van der Waals surface area contributed by atoms with Crippen LogP contribution in [0.2, 0.25) is 0 Å². The molecule has 0 aliphatic rings. The number of imidazole rings is 1. The fourth-order valence-corrected chi connectivity index (χ4v) is 3.77. The molecule has 5 aromatic rings. The van der Waals surface area contributed by atoms with Crippen LogP contribution in [0.15, 0.2) is 48.5 Å². The first-order valence-electron chi connectivity index (χ1n) is 9.27. The normalized spacial score (nSPS) is 11.8. The number of aromatic nitrogens is 5. The molecule has 134 valence electrons. The van der Waals surface area contributed by atoms with Gasteiger partial charge in [-0.1, -0.05) is 36.4 Å². The Kier molecular flexibility index (Phi) is 3.50. The lowest BCUT2D eigenvalue weighted by Gasteiger charge is -2.01. The zero-order valence-electron chi connectivity index (χ0n) is 15.8. The molecule has 2 aromatic carbocycles. The number of rotatable bonds is 3. The molecule has 5 heteroatoms. The van der Waals surface area contributed by atoms with Gasteiger partial charge in [0.15, 0.2) is 11.5 Å². The first kappa shape index (κ1) is 16.0. The highest BCUT2D eigenvalue weighted by atomic mass is 15.3. The van der Waals surface area contributed by atoms with Crippen molar-refractivity contribution in [2.75, 3.05) is 0 Å². The molecule has 0 aliphatic carbocycles. The van der Waals surface area contributed by atoms with Crippen molar-refractivity contribution in [3.05, 3.63) is 71.4 Å². The molecule has 0 atom stereocenters. The highest BCUT2D eigenvalue weighted by Crippen LogP contribution is 2.25. The first-order chi connectivity index (χ1) is 13.1. The molecular weight excluding hydrogens is 334 g/mol. The van der Waals surface area contributed by atoms with Gasteiger partial charge in [-0.3, -0.25) is 0 Å². The van der Waals surface area contributed by atoms with Crippen molar-refractivity contribution in [1.29, 1.82) is 0 Å². The predicted molar refractivity (Wildman–Crippen MR) is 108 cm³/mol. The van der Waals surface area contributed by atoms with Crippen LogP contribution in [-0.4, -0.2) is 24.1 Å². The number of pyridine rings is 1. The molecule has 0 saturated heterocycles. The summed E-state index contributed by atoms with van der Waals surface area (Å²) in [6.07, 6.45) is 1.59. The smallest absolute Gasteiger partial charge is 0.158 e. The van der Waals surface area contributed by atoms with E-state index in [2.05, 4.69) is 74.0 Å². The Hall–Kier alpha value is -3.21. The van der Waals surface area contributed by atoms with Crippen LogP contribution in [0.3, 0.4) is 0 Å². The van der Waals surface area contributed by atoms with Gasteiger partial charge in [0, 0.05) is 31.0 Å². The van der Waals surface area contributed by atoms with E-state index in [0.29, 0.717) is 0 Å². The highest BCUT2D eigenvalue weighted by Gasteiger charge is 2.13. The number of aryl methyl sites for hydroxylation is 5. The summed E-state index contributed by atoms with van der Waals surface area (Å²) in [7, 11) is 2.09. The zero-order chi connectivity index (χ0) is 18.5. The molecule has 5 nitrogen and oxygen atoms in total. The molecule has 0 spiro atoms.